The maximum Gasteiger partial charge on any atom is 0.490 e. The number of likely N-dealkylation sites (tertiary alicyclic amines) is 2. The van der Waals surface area contributed by atoms with Crippen LogP contribution in [0.5, 0.6) is 0 Å². The van der Waals surface area contributed by atoms with Crippen LogP contribution in [-0.2, 0) is 11.3 Å². The quantitative estimate of drug-likeness (QED) is 0.839. The summed E-state index contributed by atoms with van der Waals surface area (Å²) in [4.78, 5) is 31.5. The highest BCUT2D eigenvalue weighted by molar-refractivity contribution is 5.74. The topological polar surface area (TPSA) is 77.0 Å². The Morgan fingerprint density at radius 1 is 1.26 bits per heavy atom. The van der Waals surface area contributed by atoms with Gasteiger partial charge in [-0.2, -0.15) is 13.2 Å². The zero-order valence-electron chi connectivity index (χ0n) is 15.2. The second kappa shape index (κ2) is 8.55. The van der Waals surface area contributed by atoms with E-state index in [1.165, 1.54) is 5.56 Å². The van der Waals surface area contributed by atoms with E-state index < -0.39 is 12.1 Å². The first-order chi connectivity index (χ1) is 12.6. The number of carboxylic acids is 1. The fourth-order valence-electron chi connectivity index (χ4n) is 3.49. The van der Waals surface area contributed by atoms with E-state index >= 15 is 0 Å². The Bertz CT molecular complexity index is 655. The van der Waals surface area contributed by atoms with Gasteiger partial charge in [-0.15, -0.1) is 0 Å². The lowest BCUT2D eigenvalue weighted by Crippen LogP contribution is -2.44. The van der Waals surface area contributed by atoms with E-state index in [1.54, 1.807) is 4.90 Å². The van der Waals surface area contributed by atoms with Gasteiger partial charge in [0.2, 0.25) is 0 Å². The fourth-order valence-corrected chi connectivity index (χ4v) is 3.49. The summed E-state index contributed by atoms with van der Waals surface area (Å²) < 4.78 is 31.7. The van der Waals surface area contributed by atoms with Crippen molar-refractivity contribution >= 4 is 12.0 Å². The molecular weight excluding hydrogens is 365 g/mol. The molecule has 1 N–H and O–H groups in total. The molecule has 2 atom stereocenters. The average Bonchev–Trinajstić information content (AvgIpc) is 3.18. The highest BCUT2D eigenvalue weighted by atomic mass is 19.4. The molecule has 2 aliphatic heterocycles. The second-order valence-corrected chi connectivity index (χ2v) is 6.72. The summed E-state index contributed by atoms with van der Waals surface area (Å²) in [6, 6.07) is 5.17. The molecule has 10 heteroatoms. The van der Waals surface area contributed by atoms with Gasteiger partial charge in [-0.1, -0.05) is 6.07 Å². The Labute approximate surface area is 155 Å². The number of fused-ring (bicyclic) bond motifs is 1. The summed E-state index contributed by atoms with van der Waals surface area (Å²) in [5.74, 6) is -2.76. The van der Waals surface area contributed by atoms with Crippen molar-refractivity contribution in [1.29, 1.82) is 0 Å². The van der Waals surface area contributed by atoms with Gasteiger partial charge >= 0.3 is 18.2 Å². The predicted molar refractivity (Wildman–Crippen MR) is 90.9 cm³/mol. The molecule has 0 saturated carbocycles. The Morgan fingerprint density at radius 3 is 2.41 bits per heavy atom. The number of halogens is 3. The molecule has 0 aromatic carbocycles. The van der Waals surface area contributed by atoms with Gasteiger partial charge in [0.15, 0.2) is 0 Å². The van der Waals surface area contributed by atoms with Gasteiger partial charge in [0, 0.05) is 52.2 Å². The van der Waals surface area contributed by atoms with E-state index in [9.17, 15) is 18.0 Å². The van der Waals surface area contributed by atoms with Gasteiger partial charge < -0.3 is 14.9 Å². The summed E-state index contributed by atoms with van der Waals surface area (Å²) in [5.41, 5.74) is 1.26. The summed E-state index contributed by atoms with van der Waals surface area (Å²) in [5, 5.41) is 7.12. The smallest absolute Gasteiger partial charge is 0.475 e. The standard InChI is InChI=1S/C15H22N4O.C2HF3O2/c1-17(2)15(20)19-9-6-13-14(19)5-8-18(13)11-12-4-3-7-16-10-12;3-2(4,5)1(6)7/h3-4,7,10,13-14H,5-6,8-9,11H2,1-2H3;(H,6,7)/t13-,14+;/m0./s1. The number of aliphatic carboxylic acids is 1. The van der Waals surface area contributed by atoms with Crippen LogP contribution in [0.15, 0.2) is 24.5 Å². The van der Waals surface area contributed by atoms with Crippen LogP contribution < -0.4 is 0 Å². The number of carboxylic acid groups (broad SMARTS) is 1. The number of pyridine rings is 1. The monoisotopic (exact) mass is 388 g/mol. The maximum atomic E-state index is 12.2. The maximum absolute atomic E-state index is 12.2. The molecule has 2 aliphatic rings. The summed E-state index contributed by atoms with van der Waals surface area (Å²) >= 11 is 0. The van der Waals surface area contributed by atoms with Crippen molar-refractivity contribution in [1.82, 2.24) is 19.7 Å². The molecule has 2 amide bonds. The Morgan fingerprint density at radius 2 is 1.89 bits per heavy atom. The van der Waals surface area contributed by atoms with Crippen LogP contribution in [-0.4, -0.2) is 82.2 Å². The van der Waals surface area contributed by atoms with Crippen LogP contribution in [0.2, 0.25) is 0 Å². The molecule has 1 aromatic rings. The van der Waals surface area contributed by atoms with Crippen molar-refractivity contribution in [2.45, 2.75) is 37.6 Å². The van der Waals surface area contributed by atoms with Crippen molar-refractivity contribution < 1.29 is 27.9 Å². The third-order valence-corrected chi connectivity index (χ3v) is 4.67. The summed E-state index contributed by atoms with van der Waals surface area (Å²) in [7, 11) is 3.66. The highest BCUT2D eigenvalue weighted by Crippen LogP contribution is 2.32. The first-order valence-electron chi connectivity index (χ1n) is 8.52. The van der Waals surface area contributed by atoms with Crippen molar-refractivity contribution in [3.63, 3.8) is 0 Å². The molecule has 27 heavy (non-hydrogen) atoms. The molecule has 2 fully saturated rings. The van der Waals surface area contributed by atoms with Gasteiger partial charge in [0.25, 0.3) is 0 Å². The number of carbonyl (C=O) groups is 2. The van der Waals surface area contributed by atoms with Crippen molar-refractivity contribution in [2.75, 3.05) is 27.2 Å². The third kappa shape index (κ3) is 5.31. The minimum Gasteiger partial charge on any atom is -0.475 e. The highest BCUT2D eigenvalue weighted by Gasteiger charge is 2.44. The van der Waals surface area contributed by atoms with E-state index in [2.05, 4.69) is 16.0 Å². The molecule has 1 aromatic heterocycles. The van der Waals surface area contributed by atoms with E-state index in [-0.39, 0.29) is 6.03 Å². The number of hydrogen-bond acceptors (Lipinski definition) is 4. The molecule has 0 spiro atoms. The van der Waals surface area contributed by atoms with Gasteiger partial charge in [-0.05, 0) is 24.5 Å². The van der Waals surface area contributed by atoms with E-state index in [1.807, 2.05) is 37.5 Å². The molecule has 2 saturated heterocycles. The zero-order chi connectivity index (χ0) is 20.2. The van der Waals surface area contributed by atoms with Crippen LogP contribution in [0.1, 0.15) is 18.4 Å². The lowest BCUT2D eigenvalue weighted by Gasteiger charge is -2.27. The minimum atomic E-state index is -5.08. The van der Waals surface area contributed by atoms with Crippen molar-refractivity contribution in [3.05, 3.63) is 30.1 Å². The minimum absolute atomic E-state index is 0.153. The molecule has 3 rings (SSSR count). The number of nitrogens with zero attached hydrogens (tertiary/aromatic N) is 4. The van der Waals surface area contributed by atoms with Gasteiger partial charge in [0.05, 0.1) is 6.04 Å². The number of alkyl halides is 3. The molecule has 3 heterocycles. The molecular formula is C17H23F3N4O3. The number of urea groups is 1. The van der Waals surface area contributed by atoms with Crippen molar-refractivity contribution in [3.8, 4) is 0 Å². The average molecular weight is 388 g/mol. The Balaban J connectivity index is 0.000000321. The number of carbonyl (C=O) groups excluding carboxylic acids is 1. The number of amides is 2. The Kier molecular flexibility index (Phi) is 6.63. The van der Waals surface area contributed by atoms with Crippen LogP contribution >= 0.6 is 0 Å². The van der Waals surface area contributed by atoms with Crippen LogP contribution in [0.3, 0.4) is 0 Å². The SMILES string of the molecule is CN(C)C(=O)N1CC[C@H]2[C@H]1CCN2Cc1cccnc1.O=C(O)C(F)(F)F. The van der Waals surface area contributed by atoms with Crippen molar-refractivity contribution in [2.24, 2.45) is 0 Å². The molecule has 0 bridgehead atoms. The molecule has 150 valence electrons. The Hall–Kier alpha value is -2.36. The van der Waals surface area contributed by atoms with E-state index in [0.717, 1.165) is 32.5 Å². The molecule has 7 nitrogen and oxygen atoms in total. The number of hydrogen-bond donors (Lipinski definition) is 1. The lowest BCUT2D eigenvalue weighted by atomic mass is 10.1. The number of aromatic nitrogens is 1. The molecule has 0 aliphatic carbocycles. The van der Waals surface area contributed by atoms with Gasteiger partial charge in [0.1, 0.15) is 0 Å². The normalized spacial score (nSPS) is 22.0. The summed E-state index contributed by atoms with van der Waals surface area (Å²) in [6.45, 7) is 2.90. The van der Waals surface area contributed by atoms with E-state index in [0.29, 0.717) is 12.1 Å². The first kappa shape index (κ1) is 20.9. The fraction of sp³-hybridized carbons (Fsp3) is 0.588. The van der Waals surface area contributed by atoms with Crippen LogP contribution in [0.4, 0.5) is 18.0 Å². The van der Waals surface area contributed by atoms with Gasteiger partial charge in [-0.3, -0.25) is 9.88 Å². The van der Waals surface area contributed by atoms with E-state index in [4.69, 9.17) is 9.90 Å². The predicted octanol–water partition coefficient (Wildman–Crippen LogP) is 2.05. The van der Waals surface area contributed by atoms with Gasteiger partial charge in [-0.25, -0.2) is 9.59 Å². The van der Waals surface area contributed by atoms with Crippen LogP contribution in [0, 0.1) is 0 Å². The second-order valence-electron chi connectivity index (χ2n) is 6.72. The molecule has 0 radical (unpaired) electrons. The summed E-state index contributed by atoms with van der Waals surface area (Å²) in [6.07, 6.45) is 0.837. The zero-order valence-corrected chi connectivity index (χ0v) is 15.2. The third-order valence-electron chi connectivity index (χ3n) is 4.67. The van der Waals surface area contributed by atoms with Crippen LogP contribution in [0.25, 0.3) is 0 Å². The first-order valence-corrected chi connectivity index (χ1v) is 8.52. The molecule has 0 unspecified atom stereocenters. The number of rotatable bonds is 2. The lowest BCUT2D eigenvalue weighted by molar-refractivity contribution is -0.192. The largest absolute Gasteiger partial charge is 0.490 e.